The summed E-state index contributed by atoms with van der Waals surface area (Å²) >= 11 is 1.38. The zero-order valence-electron chi connectivity index (χ0n) is 12.3. The summed E-state index contributed by atoms with van der Waals surface area (Å²) in [6.07, 6.45) is 0. The van der Waals surface area contributed by atoms with E-state index in [1.165, 1.54) is 11.8 Å². The second kappa shape index (κ2) is 6.46. The molecule has 1 aliphatic heterocycles. The van der Waals surface area contributed by atoms with Crippen molar-refractivity contribution < 1.29 is 9.53 Å². The molecule has 0 atom stereocenters. The number of fused-ring (bicyclic) bond motifs is 1. The predicted molar refractivity (Wildman–Crippen MR) is 90.2 cm³/mol. The Bertz CT molecular complexity index is 795. The van der Waals surface area contributed by atoms with Gasteiger partial charge in [0.1, 0.15) is 22.4 Å². The zero-order chi connectivity index (χ0) is 16.2. The summed E-state index contributed by atoms with van der Waals surface area (Å²) < 4.78 is 5.07. The Morgan fingerprint density at radius 3 is 2.61 bits per heavy atom. The number of hydrogen-bond donors (Lipinski definition) is 2. The third-order valence-electron chi connectivity index (χ3n) is 3.26. The van der Waals surface area contributed by atoms with Gasteiger partial charge in [0.15, 0.2) is 0 Å². The molecule has 0 saturated heterocycles. The molecule has 2 aromatic rings. The zero-order valence-corrected chi connectivity index (χ0v) is 13.1. The number of para-hydroxylation sites is 1. The summed E-state index contributed by atoms with van der Waals surface area (Å²) in [6, 6.07) is 16.6. The highest BCUT2D eigenvalue weighted by Crippen LogP contribution is 2.41. The van der Waals surface area contributed by atoms with Gasteiger partial charge in [-0.2, -0.15) is 5.26 Å². The fraction of sp³-hybridized carbons (Fsp3) is 0.0588. The normalized spacial score (nSPS) is 14.3. The van der Waals surface area contributed by atoms with Crippen LogP contribution in [0.2, 0.25) is 0 Å². The van der Waals surface area contributed by atoms with E-state index in [0.717, 1.165) is 10.6 Å². The lowest BCUT2D eigenvalue weighted by molar-refractivity contribution is -0.112. The first kappa shape index (κ1) is 15.0. The summed E-state index contributed by atoms with van der Waals surface area (Å²) in [4.78, 5) is 13.4. The number of methoxy groups -OCH3 is 1. The minimum absolute atomic E-state index is 0.0574. The number of nitrogens with zero attached hydrogens (tertiary/aromatic N) is 1. The lowest BCUT2D eigenvalue weighted by Gasteiger charge is -2.07. The molecule has 0 radical (unpaired) electrons. The van der Waals surface area contributed by atoms with E-state index < -0.39 is 5.91 Å². The van der Waals surface area contributed by atoms with Gasteiger partial charge in [-0.15, -0.1) is 0 Å². The summed E-state index contributed by atoms with van der Waals surface area (Å²) in [6.45, 7) is 0. The van der Waals surface area contributed by atoms with Crippen molar-refractivity contribution in [2.75, 3.05) is 17.7 Å². The first-order valence-electron chi connectivity index (χ1n) is 6.85. The molecule has 23 heavy (non-hydrogen) atoms. The first-order valence-corrected chi connectivity index (χ1v) is 7.66. The van der Waals surface area contributed by atoms with Crippen molar-refractivity contribution in [3.05, 3.63) is 59.1 Å². The highest BCUT2D eigenvalue weighted by molar-refractivity contribution is 8.03. The smallest absolute Gasteiger partial charge is 0.269 e. The average Bonchev–Trinajstić information content (AvgIpc) is 2.99. The van der Waals surface area contributed by atoms with Gasteiger partial charge in [-0.1, -0.05) is 23.9 Å². The number of thioether (sulfide) groups is 1. The van der Waals surface area contributed by atoms with Gasteiger partial charge < -0.3 is 15.4 Å². The average molecular weight is 323 g/mol. The molecule has 0 bridgehead atoms. The highest BCUT2D eigenvalue weighted by Gasteiger charge is 2.23. The summed E-state index contributed by atoms with van der Waals surface area (Å²) in [5.41, 5.74) is 1.56. The van der Waals surface area contributed by atoms with Gasteiger partial charge in [0.2, 0.25) is 0 Å². The van der Waals surface area contributed by atoms with Crippen molar-refractivity contribution in [3.8, 4) is 11.8 Å². The molecule has 114 valence electrons. The highest BCUT2D eigenvalue weighted by atomic mass is 32.2. The SMILES string of the molecule is COc1ccc(NC(=O)/C(C#N)=C2\Nc3ccccc3S2)cc1. The van der Waals surface area contributed by atoms with Crippen LogP contribution in [-0.4, -0.2) is 13.0 Å². The topological polar surface area (TPSA) is 74.1 Å². The minimum Gasteiger partial charge on any atom is -0.497 e. The van der Waals surface area contributed by atoms with Crippen LogP contribution < -0.4 is 15.4 Å². The molecular weight excluding hydrogens is 310 g/mol. The molecule has 5 nitrogen and oxygen atoms in total. The van der Waals surface area contributed by atoms with E-state index in [0.29, 0.717) is 16.5 Å². The fourth-order valence-corrected chi connectivity index (χ4v) is 3.10. The van der Waals surface area contributed by atoms with Crippen LogP contribution in [0.4, 0.5) is 11.4 Å². The molecule has 2 N–H and O–H groups in total. The van der Waals surface area contributed by atoms with Crippen LogP contribution in [0.25, 0.3) is 0 Å². The number of anilines is 2. The molecule has 0 saturated carbocycles. The Labute approximate surface area is 138 Å². The first-order chi connectivity index (χ1) is 11.2. The van der Waals surface area contributed by atoms with Gasteiger partial charge in [0, 0.05) is 10.6 Å². The van der Waals surface area contributed by atoms with E-state index in [-0.39, 0.29) is 5.57 Å². The number of rotatable bonds is 3. The van der Waals surface area contributed by atoms with Gasteiger partial charge in [-0.05, 0) is 36.4 Å². The van der Waals surface area contributed by atoms with E-state index in [1.54, 1.807) is 31.4 Å². The number of benzene rings is 2. The van der Waals surface area contributed by atoms with Gasteiger partial charge >= 0.3 is 0 Å². The monoisotopic (exact) mass is 323 g/mol. The number of nitriles is 1. The standard InChI is InChI=1S/C17H13N3O2S/c1-22-12-8-6-11(7-9-12)19-16(21)13(10-18)17-20-14-4-2-3-5-15(14)23-17/h2-9,20H,1H3,(H,19,21)/b17-13+. The minimum atomic E-state index is -0.444. The molecule has 0 aliphatic carbocycles. The third kappa shape index (κ3) is 3.15. The van der Waals surface area contributed by atoms with E-state index in [2.05, 4.69) is 10.6 Å². The molecule has 6 heteroatoms. The fourth-order valence-electron chi connectivity index (χ4n) is 2.10. The maximum atomic E-state index is 12.4. The molecule has 0 fully saturated rings. The molecule has 0 aromatic heterocycles. The third-order valence-corrected chi connectivity index (χ3v) is 4.35. The van der Waals surface area contributed by atoms with Crippen LogP contribution in [0.1, 0.15) is 0 Å². The van der Waals surface area contributed by atoms with Gasteiger partial charge in [0.05, 0.1) is 12.8 Å². The number of hydrogen-bond acceptors (Lipinski definition) is 5. The van der Waals surface area contributed by atoms with Crippen molar-refractivity contribution in [1.82, 2.24) is 0 Å². The van der Waals surface area contributed by atoms with Crippen molar-refractivity contribution in [2.24, 2.45) is 0 Å². The van der Waals surface area contributed by atoms with Crippen LogP contribution in [0, 0.1) is 11.3 Å². The van der Waals surface area contributed by atoms with Crippen LogP contribution >= 0.6 is 11.8 Å². The summed E-state index contributed by atoms with van der Waals surface area (Å²) in [5, 5.41) is 15.7. The van der Waals surface area contributed by atoms with Crippen molar-refractivity contribution >= 4 is 29.0 Å². The maximum absolute atomic E-state index is 12.4. The largest absolute Gasteiger partial charge is 0.497 e. The van der Waals surface area contributed by atoms with Gasteiger partial charge in [-0.3, -0.25) is 4.79 Å². The molecule has 1 heterocycles. The van der Waals surface area contributed by atoms with Crippen molar-refractivity contribution in [3.63, 3.8) is 0 Å². The number of ether oxygens (including phenoxy) is 1. The van der Waals surface area contributed by atoms with Gasteiger partial charge in [0.25, 0.3) is 5.91 Å². The van der Waals surface area contributed by atoms with Crippen LogP contribution in [-0.2, 0) is 4.79 Å². The number of amides is 1. The van der Waals surface area contributed by atoms with Gasteiger partial charge in [-0.25, -0.2) is 0 Å². The van der Waals surface area contributed by atoms with Crippen molar-refractivity contribution in [1.29, 1.82) is 5.26 Å². The van der Waals surface area contributed by atoms with E-state index in [1.807, 2.05) is 30.3 Å². The van der Waals surface area contributed by atoms with E-state index in [4.69, 9.17) is 4.74 Å². The molecule has 1 aliphatic rings. The second-order valence-electron chi connectivity index (χ2n) is 4.72. The predicted octanol–water partition coefficient (Wildman–Crippen LogP) is 3.59. The summed E-state index contributed by atoms with van der Waals surface area (Å²) in [7, 11) is 1.58. The second-order valence-corrected chi connectivity index (χ2v) is 5.77. The Morgan fingerprint density at radius 1 is 1.22 bits per heavy atom. The number of carbonyl (C=O) groups is 1. The molecule has 0 spiro atoms. The molecule has 1 amide bonds. The number of nitrogens with one attached hydrogen (secondary N) is 2. The molecule has 3 rings (SSSR count). The molecular formula is C17H13N3O2S. The quantitative estimate of drug-likeness (QED) is 0.667. The Balaban J connectivity index is 1.80. The van der Waals surface area contributed by atoms with Crippen LogP contribution in [0.5, 0.6) is 5.75 Å². The number of carbonyl (C=O) groups excluding carboxylic acids is 1. The lowest BCUT2D eigenvalue weighted by Crippen LogP contribution is -2.16. The van der Waals surface area contributed by atoms with Crippen LogP contribution in [0.3, 0.4) is 0 Å². The Morgan fingerprint density at radius 2 is 1.96 bits per heavy atom. The van der Waals surface area contributed by atoms with Crippen LogP contribution in [0.15, 0.2) is 64.0 Å². The maximum Gasteiger partial charge on any atom is 0.269 e. The van der Waals surface area contributed by atoms with E-state index >= 15 is 0 Å². The molecule has 2 aromatic carbocycles. The summed E-state index contributed by atoms with van der Waals surface area (Å²) in [5.74, 6) is 0.255. The Kier molecular flexibility index (Phi) is 4.22. The Hall–Kier alpha value is -2.91. The molecule has 0 unspecified atom stereocenters. The lowest BCUT2D eigenvalue weighted by atomic mass is 10.2. The van der Waals surface area contributed by atoms with Crippen molar-refractivity contribution in [2.45, 2.75) is 4.90 Å². The van der Waals surface area contributed by atoms with E-state index in [9.17, 15) is 10.1 Å².